The van der Waals surface area contributed by atoms with E-state index in [0.29, 0.717) is 28.2 Å². The van der Waals surface area contributed by atoms with Crippen LogP contribution in [0, 0.1) is 0 Å². The quantitative estimate of drug-likeness (QED) is 0.784. The van der Waals surface area contributed by atoms with Gasteiger partial charge in [-0.15, -0.1) is 0 Å². The van der Waals surface area contributed by atoms with Crippen LogP contribution in [0.2, 0.25) is 0 Å². The normalized spacial score (nSPS) is 14.1. The zero-order valence-corrected chi connectivity index (χ0v) is 13.6. The molecule has 0 N–H and O–H groups in total. The smallest absolute Gasteiger partial charge is 0.179 e. The number of hydrogen-bond acceptors (Lipinski definition) is 4. The lowest BCUT2D eigenvalue weighted by molar-refractivity contribution is 0.0886. The summed E-state index contributed by atoms with van der Waals surface area (Å²) in [5.74, 6) is -0.467. The highest BCUT2D eigenvalue weighted by atomic mass is 79.9. The average Bonchev–Trinajstić information content (AvgIpc) is 2.78. The van der Waals surface area contributed by atoms with Crippen molar-refractivity contribution in [3.05, 3.63) is 57.6 Å². The lowest BCUT2D eigenvalue weighted by atomic mass is 9.92. The van der Waals surface area contributed by atoms with Crippen LogP contribution < -0.4 is 9.47 Å². The van der Waals surface area contributed by atoms with Crippen molar-refractivity contribution >= 4 is 27.5 Å². The van der Waals surface area contributed by atoms with Gasteiger partial charge in [0.2, 0.25) is 0 Å². The number of benzene rings is 2. The maximum Gasteiger partial charge on any atom is 0.179 e. The summed E-state index contributed by atoms with van der Waals surface area (Å²) in [5, 5.41) is 0. The van der Waals surface area contributed by atoms with Crippen molar-refractivity contribution in [3.8, 4) is 11.5 Å². The zero-order chi connectivity index (χ0) is 15.9. The molecule has 0 radical (unpaired) electrons. The van der Waals surface area contributed by atoms with Gasteiger partial charge in [0.1, 0.15) is 17.4 Å². The molecule has 0 atom stereocenters. The van der Waals surface area contributed by atoms with Crippen LogP contribution in [0.3, 0.4) is 0 Å². The molecule has 0 heterocycles. The largest absolute Gasteiger partial charge is 0.496 e. The van der Waals surface area contributed by atoms with Crippen LogP contribution >= 0.6 is 15.9 Å². The molecule has 3 rings (SSSR count). The van der Waals surface area contributed by atoms with Crippen molar-refractivity contribution in [1.29, 1.82) is 0 Å². The van der Waals surface area contributed by atoms with Crippen LogP contribution in [0.4, 0.5) is 0 Å². The lowest BCUT2D eigenvalue weighted by Gasteiger charge is -2.17. The minimum Gasteiger partial charge on any atom is -0.496 e. The Labute approximate surface area is 136 Å². The summed E-state index contributed by atoms with van der Waals surface area (Å²) in [6, 6.07) is 10.3. The Balaban J connectivity index is 2.21. The third-order valence-corrected chi connectivity index (χ3v) is 4.24. The highest BCUT2D eigenvalue weighted by Gasteiger charge is 2.42. The second-order valence-corrected chi connectivity index (χ2v) is 5.85. The van der Waals surface area contributed by atoms with E-state index in [2.05, 4.69) is 15.9 Å². The van der Waals surface area contributed by atoms with Gasteiger partial charge in [0.15, 0.2) is 11.6 Å². The van der Waals surface area contributed by atoms with Gasteiger partial charge in [-0.2, -0.15) is 0 Å². The zero-order valence-electron chi connectivity index (χ0n) is 12.1. The summed E-state index contributed by atoms with van der Waals surface area (Å²) in [6.45, 7) is 0. The SMILES string of the molecule is COc1cc(Br)cc(OC)c1C1C(=O)c2ccccc2C1=O. The number of rotatable bonds is 3. The maximum atomic E-state index is 12.7. The van der Waals surface area contributed by atoms with E-state index in [1.54, 1.807) is 36.4 Å². The maximum absolute atomic E-state index is 12.7. The third-order valence-electron chi connectivity index (χ3n) is 3.78. The van der Waals surface area contributed by atoms with Crippen LogP contribution in [0.25, 0.3) is 0 Å². The molecule has 2 aromatic carbocycles. The van der Waals surface area contributed by atoms with E-state index in [9.17, 15) is 9.59 Å². The fourth-order valence-electron chi connectivity index (χ4n) is 2.80. The summed E-state index contributed by atoms with van der Waals surface area (Å²) >= 11 is 3.37. The van der Waals surface area contributed by atoms with Crippen LogP contribution in [0.5, 0.6) is 11.5 Å². The van der Waals surface area contributed by atoms with Gasteiger partial charge in [0.25, 0.3) is 0 Å². The summed E-state index contributed by atoms with van der Waals surface area (Å²) < 4.78 is 11.5. The van der Waals surface area contributed by atoms with Gasteiger partial charge in [0, 0.05) is 15.6 Å². The molecule has 2 aromatic rings. The number of ether oxygens (including phenoxy) is 2. The summed E-state index contributed by atoms with van der Waals surface area (Å²) in [6.07, 6.45) is 0. The molecule has 1 aliphatic carbocycles. The molecule has 22 heavy (non-hydrogen) atoms. The molecule has 0 saturated carbocycles. The number of ketones is 2. The van der Waals surface area contributed by atoms with Gasteiger partial charge in [-0.25, -0.2) is 0 Å². The Morgan fingerprint density at radius 2 is 1.36 bits per heavy atom. The first-order valence-corrected chi connectivity index (χ1v) is 7.46. The van der Waals surface area contributed by atoms with E-state index in [1.807, 2.05) is 0 Å². The Morgan fingerprint density at radius 3 is 1.77 bits per heavy atom. The minimum absolute atomic E-state index is 0.223. The summed E-state index contributed by atoms with van der Waals surface area (Å²) in [5.41, 5.74) is 1.37. The Kier molecular flexibility index (Phi) is 3.74. The van der Waals surface area contributed by atoms with Gasteiger partial charge in [0.05, 0.1) is 19.8 Å². The molecule has 0 fully saturated rings. The molecular formula is C17H13BrO4. The molecule has 0 bridgehead atoms. The molecule has 5 heteroatoms. The van der Waals surface area contributed by atoms with E-state index in [0.717, 1.165) is 4.47 Å². The molecule has 0 aliphatic heterocycles. The number of fused-ring (bicyclic) bond motifs is 1. The molecule has 1 aliphatic rings. The predicted molar refractivity (Wildman–Crippen MR) is 85.1 cm³/mol. The number of carbonyl (C=O) groups is 2. The summed E-state index contributed by atoms with van der Waals surface area (Å²) in [7, 11) is 3.00. The van der Waals surface area contributed by atoms with Gasteiger partial charge in [-0.1, -0.05) is 40.2 Å². The van der Waals surface area contributed by atoms with Crippen molar-refractivity contribution < 1.29 is 19.1 Å². The number of methoxy groups -OCH3 is 2. The predicted octanol–water partition coefficient (Wildman–Crippen LogP) is 3.63. The Morgan fingerprint density at radius 1 is 0.909 bits per heavy atom. The van der Waals surface area contributed by atoms with E-state index in [4.69, 9.17) is 9.47 Å². The number of Topliss-reactive ketones (excluding diaryl/α,β-unsaturated/α-hetero) is 2. The first-order valence-electron chi connectivity index (χ1n) is 6.67. The first kappa shape index (κ1) is 14.8. The van der Waals surface area contributed by atoms with Crippen molar-refractivity contribution in [2.75, 3.05) is 14.2 Å². The van der Waals surface area contributed by atoms with Crippen molar-refractivity contribution in [3.63, 3.8) is 0 Å². The highest BCUT2D eigenvalue weighted by molar-refractivity contribution is 9.10. The van der Waals surface area contributed by atoms with E-state index >= 15 is 0 Å². The number of carbonyl (C=O) groups excluding carboxylic acids is 2. The van der Waals surface area contributed by atoms with E-state index in [1.165, 1.54) is 14.2 Å². The number of halogens is 1. The topological polar surface area (TPSA) is 52.6 Å². The first-order chi connectivity index (χ1) is 10.6. The van der Waals surface area contributed by atoms with Crippen LogP contribution in [-0.4, -0.2) is 25.8 Å². The van der Waals surface area contributed by atoms with Crippen molar-refractivity contribution in [2.45, 2.75) is 5.92 Å². The molecule has 4 nitrogen and oxygen atoms in total. The molecule has 0 unspecified atom stereocenters. The highest BCUT2D eigenvalue weighted by Crippen LogP contribution is 2.44. The van der Waals surface area contributed by atoms with E-state index in [-0.39, 0.29) is 11.6 Å². The molecular weight excluding hydrogens is 348 g/mol. The van der Waals surface area contributed by atoms with Crippen molar-refractivity contribution in [2.24, 2.45) is 0 Å². The summed E-state index contributed by atoms with van der Waals surface area (Å²) in [4.78, 5) is 25.4. The second-order valence-electron chi connectivity index (χ2n) is 4.93. The molecule has 0 aromatic heterocycles. The fraction of sp³-hybridized carbons (Fsp3) is 0.176. The second kappa shape index (κ2) is 5.57. The van der Waals surface area contributed by atoms with Gasteiger partial charge < -0.3 is 9.47 Å². The van der Waals surface area contributed by atoms with Crippen molar-refractivity contribution in [1.82, 2.24) is 0 Å². The molecule has 0 saturated heterocycles. The Hall–Kier alpha value is -2.14. The van der Waals surface area contributed by atoms with Gasteiger partial charge >= 0.3 is 0 Å². The van der Waals surface area contributed by atoms with Gasteiger partial charge in [-0.3, -0.25) is 9.59 Å². The monoisotopic (exact) mass is 360 g/mol. The minimum atomic E-state index is -0.921. The average molecular weight is 361 g/mol. The number of hydrogen-bond donors (Lipinski definition) is 0. The molecule has 112 valence electrons. The molecule has 0 amide bonds. The van der Waals surface area contributed by atoms with Crippen LogP contribution in [-0.2, 0) is 0 Å². The lowest BCUT2D eigenvalue weighted by Crippen LogP contribution is -2.15. The third kappa shape index (κ3) is 2.13. The molecule has 0 spiro atoms. The van der Waals surface area contributed by atoms with Gasteiger partial charge in [-0.05, 0) is 12.1 Å². The van der Waals surface area contributed by atoms with Crippen LogP contribution in [0.15, 0.2) is 40.9 Å². The standard InChI is InChI=1S/C17H13BrO4/c1-21-12-7-9(18)8-13(22-2)14(12)15-16(19)10-5-3-4-6-11(10)17(15)20/h3-8,15H,1-2H3. The fourth-order valence-corrected chi connectivity index (χ4v) is 3.21. The van der Waals surface area contributed by atoms with E-state index < -0.39 is 5.92 Å². The van der Waals surface area contributed by atoms with Crippen LogP contribution in [0.1, 0.15) is 32.2 Å². The Bertz CT molecular complexity index is 722.